The van der Waals surface area contributed by atoms with E-state index in [1.165, 1.54) is 39.5 Å². The van der Waals surface area contributed by atoms with Gasteiger partial charge in [-0.15, -0.1) is 0 Å². The maximum absolute atomic E-state index is 13.9. The first kappa shape index (κ1) is 25.6. The second kappa shape index (κ2) is 10.4. The number of nitrogens with one attached hydrogen (secondary N) is 1. The van der Waals surface area contributed by atoms with Crippen LogP contribution in [-0.2, 0) is 4.79 Å². The molecule has 0 bridgehead atoms. The Balaban J connectivity index is 1.71. The van der Waals surface area contributed by atoms with Gasteiger partial charge in [0, 0.05) is 24.1 Å². The quantitative estimate of drug-likeness (QED) is 0.429. The molecule has 0 radical (unpaired) electrons. The van der Waals surface area contributed by atoms with Gasteiger partial charge in [0.25, 0.3) is 0 Å². The Morgan fingerprint density at radius 1 is 1.00 bits per heavy atom. The van der Waals surface area contributed by atoms with Crippen LogP contribution in [0.4, 0.5) is 10.1 Å². The summed E-state index contributed by atoms with van der Waals surface area (Å²) in [4.78, 5) is 13.9. The van der Waals surface area contributed by atoms with Crippen molar-refractivity contribution in [1.82, 2.24) is 0 Å². The summed E-state index contributed by atoms with van der Waals surface area (Å²) >= 11 is 0. The summed E-state index contributed by atoms with van der Waals surface area (Å²) in [6.07, 6.45) is -1.19. The third-order valence-corrected chi connectivity index (χ3v) is 7.11. The number of hydrogen-bond acceptors (Lipinski definition) is 8. The topological polar surface area (TPSA) is 116 Å². The Morgan fingerprint density at radius 2 is 1.66 bits per heavy atom. The molecule has 3 N–H and O–H groups in total. The van der Waals surface area contributed by atoms with Crippen molar-refractivity contribution in [3.8, 4) is 28.7 Å². The molecule has 1 heterocycles. The van der Waals surface area contributed by atoms with Crippen LogP contribution in [0.15, 0.2) is 48.5 Å². The molecule has 2 aliphatic rings. The zero-order valence-electron chi connectivity index (χ0n) is 21.1. The number of amides is 1. The van der Waals surface area contributed by atoms with Gasteiger partial charge in [0.2, 0.25) is 18.4 Å². The average Bonchev–Trinajstić information content (AvgIpc) is 3.38. The van der Waals surface area contributed by atoms with Crippen molar-refractivity contribution in [2.75, 3.05) is 40.0 Å². The van der Waals surface area contributed by atoms with Gasteiger partial charge in [-0.2, -0.15) is 0 Å². The van der Waals surface area contributed by atoms with Crippen LogP contribution in [0.1, 0.15) is 28.7 Å². The molecule has 3 aromatic carbocycles. The van der Waals surface area contributed by atoms with Crippen molar-refractivity contribution in [2.45, 2.75) is 12.0 Å². The molecule has 4 atom stereocenters. The monoisotopic (exact) mass is 525 g/mol. The van der Waals surface area contributed by atoms with E-state index < -0.39 is 42.2 Å². The number of aliphatic hydroxyl groups is 2. The van der Waals surface area contributed by atoms with Crippen LogP contribution in [0.2, 0.25) is 0 Å². The molecule has 38 heavy (non-hydrogen) atoms. The van der Waals surface area contributed by atoms with E-state index in [-0.39, 0.29) is 12.5 Å². The minimum Gasteiger partial charge on any atom is -0.493 e. The summed E-state index contributed by atoms with van der Waals surface area (Å²) in [5, 5.41) is 24.6. The Morgan fingerprint density at radius 3 is 2.24 bits per heavy atom. The summed E-state index contributed by atoms with van der Waals surface area (Å²) < 4.78 is 41.6. The highest BCUT2D eigenvalue weighted by atomic mass is 19.1. The van der Waals surface area contributed by atoms with E-state index in [1.54, 1.807) is 30.3 Å². The Labute approximate surface area is 218 Å². The van der Waals surface area contributed by atoms with Crippen LogP contribution in [0, 0.1) is 17.7 Å². The first-order chi connectivity index (χ1) is 18.4. The molecule has 1 aliphatic heterocycles. The second-order valence-electron chi connectivity index (χ2n) is 9.09. The van der Waals surface area contributed by atoms with E-state index in [9.17, 15) is 19.4 Å². The van der Waals surface area contributed by atoms with Gasteiger partial charge in [-0.25, -0.2) is 4.39 Å². The molecule has 10 heteroatoms. The van der Waals surface area contributed by atoms with Gasteiger partial charge >= 0.3 is 0 Å². The SMILES string of the molecule is COc1cc([C@@H]2c3cc4c(cc3[C@H](O)[C@@H](CO)[C@@H]2C(=O)Nc2cccc(F)c2)OCO4)cc(OC)c1OC. The number of anilines is 1. The fraction of sp³-hybridized carbons (Fsp3) is 0.321. The van der Waals surface area contributed by atoms with Gasteiger partial charge in [-0.1, -0.05) is 6.07 Å². The van der Waals surface area contributed by atoms with Gasteiger partial charge in [0.05, 0.1) is 33.4 Å². The van der Waals surface area contributed by atoms with Crippen molar-refractivity contribution in [3.63, 3.8) is 0 Å². The average molecular weight is 526 g/mol. The number of halogens is 1. The van der Waals surface area contributed by atoms with Crippen LogP contribution >= 0.6 is 0 Å². The summed E-state index contributed by atoms with van der Waals surface area (Å²) in [5.41, 5.74) is 1.98. The molecule has 0 saturated carbocycles. The predicted octanol–water partition coefficient (Wildman–Crippen LogP) is 3.62. The molecule has 9 nitrogen and oxygen atoms in total. The summed E-state index contributed by atoms with van der Waals surface area (Å²) in [7, 11) is 4.47. The summed E-state index contributed by atoms with van der Waals surface area (Å²) in [6.45, 7) is -0.465. The van der Waals surface area contributed by atoms with Gasteiger partial charge in [0.1, 0.15) is 5.82 Å². The molecule has 0 spiro atoms. The Hall–Kier alpha value is -4.02. The predicted molar refractivity (Wildman–Crippen MR) is 135 cm³/mol. The third-order valence-electron chi connectivity index (χ3n) is 7.11. The highest BCUT2D eigenvalue weighted by molar-refractivity contribution is 5.94. The van der Waals surface area contributed by atoms with Crippen molar-refractivity contribution in [3.05, 3.63) is 71.0 Å². The Kier molecular flexibility index (Phi) is 7.00. The lowest BCUT2D eigenvalue weighted by atomic mass is 9.64. The molecule has 5 rings (SSSR count). The summed E-state index contributed by atoms with van der Waals surface area (Å²) in [5.74, 6) is -1.52. The highest BCUT2D eigenvalue weighted by Gasteiger charge is 2.47. The maximum atomic E-state index is 13.9. The maximum Gasteiger partial charge on any atom is 0.231 e. The van der Waals surface area contributed by atoms with Crippen molar-refractivity contribution in [2.24, 2.45) is 11.8 Å². The van der Waals surface area contributed by atoms with Gasteiger partial charge in [-0.05, 0) is 59.2 Å². The number of hydrogen-bond donors (Lipinski definition) is 3. The number of aliphatic hydroxyl groups excluding tert-OH is 2. The van der Waals surface area contributed by atoms with Crippen molar-refractivity contribution in [1.29, 1.82) is 0 Å². The van der Waals surface area contributed by atoms with E-state index in [4.69, 9.17) is 23.7 Å². The number of benzene rings is 3. The number of fused-ring (bicyclic) bond motifs is 2. The summed E-state index contributed by atoms with van der Waals surface area (Å²) in [6, 6.07) is 12.4. The number of ether oxygens (including phenoxy) is 5. The molecule has 3 aromatic rings. The van der Waals surface area contributed by atoms with Gasteiger partial charge in [0.15, 0.2) is 23.0 Å². The van der Waals surface area contributed by atoms with Crippen LogP contribution < -0.4 is 29.0 Å². The lowest BCUT2D eigenvalue weighted by Gasteiger charge is -2.41. The fourth-order valence-electron chi connectivity index (χ4n) is 5.39. The van der Waals surface area contributed by atoms with E-state index >= 15 is 0 Å². The molecule has 200 valence electrons. The number of carbonyl (C=O) groups excluding carboxylic acids is 1. The minimum absolute atomic E-state index is 0.0239. The molecule has 0 fully saturated rings. The van der Waals surface area contributed by atoms with E-state index in [2.05, 4.69) is 5.32 Å². The van der Waals surface area contributed by atoms with Crippen LogP contribution in [0.3, 0.4) is 0 Å². The first-order valence-corrected chi connectivity index (χ1v) is 12.0. The third kappa shape index (κ3) is 4.35. The molecule has 1 aliphatic carbocycles. The number of carbonyl (C=O) groups is 1. The number of methoxy groups -OCH3 is 3. The fourth-order valence-corrected chi connectivity index (χ4v) is 5.39. The molecular formula is C28H28FNO8. The molecule has 1 amide bonds. The lowest BCUT2D eigenvalue weighted by molar-refractivity contribution is -0.125. The highest BCUT2D eigenvalue weighted by Crippen LogP contribution is 2.53. The van der Waals surface area contributed by atoms with Crippen LogP contribution in [-0.4, -0.2) is 50.8 Å². The van der Waals surface area contributed by atoms with E-state index in [0.717, 1.165) is 0 Å². The molecule has 0 saturated heterocycles. The number of rotatable bonds is 7. The van der Waals surface area contributed by atoms with Gasteiger partial charge in [-0.3, -0.25) is 4.79 Å². The Bertz CT molecular complexity index is 1340. The van der Waals surface area contributed by atoms with Crippen LogP contribution in [0.5, 0.6) is 28.7 Å². The smallest absolute Gasteiger partial charge is 0.231 e. The van der Waals surface area contributed by atoms with Crippen molar-refractivity contribution >= 4 is 11.6 Å². The zero-order valence-corrected chi connectivity index (χ0v) is 21.1. The standard InChI is InChI=1S/C28H28FNO8/c1-34-22-7-14(8-23(35-2)27(22)36-3)24-17-10-20-21(38-13-37-20)11-18(17)26(32)19(12-31)25(24)28(33)30-16-6-4-5-15(29)9-16/h4-11,19,24-26,31-32H,12-13H2,1-3H3,(H,30,33)/t19-,24+,25-,26-/m0/s1. The first-order valence-electron chi connectivity index (χ1n) is 12.0. The van der Waals surface area contributed by atoms with E-state index in [0.29, 0.717) is 45.4 Å². The second-order valence-corrected chi connectivity index (χ2v) is 9.09. The largest absolute Gasteiger partial charge is 0.493 e. The lowest BCUT2D eigenvalue weighted by Crippen LogP contribution is -2.43. The zero-order chi connectivity index (χ0) is 27.0. The van der Waals surface area contributed by atoms with E-state index in [1.807, 2.05) is 0 Å². The molecule has 0 unspecified atom stereocenters. The normalized spacial score (nSPS) is 21.4. The van der Waals surface area contributed by atoms with Gasteiger partial charge < -0.3 is 39.2 Å². The van der Waals surface area contributed by atoms with Crippen LogP contribution in [0.25, 0.3) is 0 Å². The van der Waals surface area contributed by atoms with Crippen molar-refractivity contribution < 1.29 is 43.1 Å². The minimum atomic E-state index is -1.19. The molecular weight excluding hydrogens is 497 g/mol. The molecule has 0 aromatic heterocycles.